The van der Waals surface area contributed by atoms with Crippen molar-refractivity contribution in [2.24, 2.45) is 0 Å². The van der Waals surface area contributed by atoms with E-state index >= 15 is 0 Å². The Kier molecular flexibility index (Phi) is 5.04. The van der Waals surface area contributed by atoms with Crippen molar-refractivity contribution < 1.29 is 14.8 Å². The van der Waals surface area contributed by atoms with Gasteiger partial charge in [-0.3, -0.25) is 4.68 Å². The molecule has 0 atom stereocenters. The summed E-state index contributed by atoms with van der Waals surface area (Å²) in [7, 11) is -1.45. The number of ether oxygens (including phenoxy) is 1. The molecule has 5 nitrogen and oxygen atoms in total. The molecule has 0 spiro atoms. The molecule has 1 aromatic heterocycles. The molecule has 0 fully saturated rings. The minimum absolute atomic E-state index is 0.447. The third-order valence-electron chi connectivity index (χ3n) is 3.45. The van der Waals surface area contributed by atoms with Crippen molar-refractivity contribution in [2.45, 2.75) is 40.3 Å². The third-order valence-corrected chi connectivity index (χ3v) is 3.45. The van der Waals surface area contributed by atoms with Gasteiger partial charge in [-0.05, 0) is 43.4 Å². The van der Waals surface area contributed by atoms with Crippen LogP contribution in [0.2, 0.25) is 0 Å². The first-order valence-corrected chi connectivity index (χ1v) is 7.20. The summed E-state index contributed by atoms with van der Waals surface area (Å²) in [5, 5.41) is 22.8. The lowest BCUT2D eigenvalue weighted by atomic mass is 9.79. The van der Waals surface area contributed by atoms with E-state index in [9.17, 15) is 0 Å². The van der Waals surface area contributed by atoms with Crippen molar-refractivity contribution in [1.82, 2.24) is 9.78 Å². The molecule has 0 aliphatic carbocycles. The molecule has 0 amide bonds. The summed E-state index contributed by atoms with van der Waals surface area (Å²) in [6.07, 6.45) is 0.905. The molecule has 2 aromatic rings. The van der Waals surface area contributed by atoms with Crippen LogP contribution in [-0.4, -0.2) is 26.9 Å². The molecule has 0 unspecified atom stereocenters. The molecule has 112 valence electrons. The van der Waals surface area contributed by atoms with Crippen LogP contribution >= 0.6 is 0 Å². The highest BCUT2D eigenvalue weighted by molar-refractivity contribution is 6.58. The average Bonchev–Trinajstić information content (AvgIpc) is 2.88. The van der Waals surface area contributed by atoms with Gasteiger partial charge < -0.3 is 14.8 Å². The van der Waals surface area contributed by atoms with Crippen LogP contribution in [0.15, 0.2) is 24.3 Å². The molecule has 1 aromatic carbocycles. The molecule has 2 N–H and O–H groups in total. The molecular weight excluding hydrogens is 267 g/mol. The second kappa shape index (κ2) is 6.78. The van der Waals surface area contributed by atoms with E-state index in [1.54, 1.807) is 18.2 Å². The van der Waals surface area contributed by atoms with Crippen LogP contribution < -0.4 is 10.2 Å². The van der Waals surface area contributed by atoms with Crippen molar-refractivity contribution in [1.29, 1.82) is 0 Å². The predicted molar refractivity (Wildman–Crippen MR) is 82.6 cm³/mol. The number of rotatable bonds is 6. The second-order valence-electron chi connectivity index (χ2n) is 4.98. The van der Waals surface area contributed by atoms with Gasteiger partial charge in [0.1, 0.15) is 12.4 Å². The van der Waals surface area contributed by atoms with Crippen molar-refractivity contribution >= 4 is 12.6 Å². The number of aromatic nitrogens is 2. The Hall–Kier alpha value is -1.79. The smallest absolute Gasteiger partial charge is 0.487 e. The Balaban J connectivity index is 2.11. The van der Waals surface area contributed by atoms with Gasteiger partial charge in [0.25, 0.3) is 0 Å². The van der Waals surface area contributed by atoms with Gasteiger partial charge in [-0.1, -0.05) is 19.1 Å². The van der Waals surface area contributed by atoms with Crippen molar-refractivity contribution in [3.63, 3.8) is 0 Å². The van der Waals surface area contributed by atoms with Crippen molar-refractivity contribution in [2.75, 3.05) is 0 Å². The van der Waals surface area contributed by atoms with Gasteiger partial charge in [-0.2, -0.15) is 5.10 Å². The van der Waals surface area contributed by atoms with E-state index in [2.05, 4.69) is 25.0 Å². The van der Waals surface area contributed by atoms with E-state index in [1.807, 2.05) is 11.6 Å². The Labute approximate surface area is 125 Å². The molecule has 2 rings (SSSR count). The van der Waals surface area contributed by atoms with Crippen LogP contribution in [0.3, 0.4) is 0 Å². The van der Waals surface area contributed by atoms with E-state index in [0.717, 1.165) is 35.7 Å². The van der Waals surface area contributed by atoms with Crippen LogP contribution in [0.5, 0.6) is 5.75 Å². The van der Waals surface area contributed by atoms with Gasteiger partial charge in [-0.25, -0.2) is 0 Å². The van der Waals surface area contributed by atoms with Gasteiger partial charge in [0.15, 0.2) is 0 Å². The monoisotopic (exact) mass is 288 g/mol. The Morgan fingerprint density at radius 3 is 2.57 bits per heavy atom. The fraction of sp³-hybridized carbons (Fsp3) is 0.400. The zero-order chi connectivity index (χ0) is 15.4. The quantitative estimate of drug-likeness (QED) is 0.779. The van der Waals surface area contributed by atoms with Crippen LogP contribution in [0, 0.1) is 6.92 Å². The predicted octanol–water partition coefficient (Wildman–Crippen LogP) is 1.03. The van der Waals surface area contributed by atoms with Crippen LogP contribution in [0.4, 0.5) is 0 Å². The highest BCUT2D eigenvalue weighted by atomic mass is 16.5. The average molecular weight is 288 g/mol. The summed E-state index contributed by atoms with van der Waals surface area (Å²) >= 11 is 0. The van der Waals surface area contributed by atoms with Crippen LogP contribution in [0.25, 0.3) is 0 Å². The molecule has 21 heavy (non-hydrogen) atoms. The first kappa shape index (κ1) is 15.6. The molecule has 0 aliphatic heterocycles. The van der Waals surface area contributed by atoms with E-state index in [0.29, 0.717) is 12.1 Å². The summed E-state index contributed by atoms with van der Waals surface area (Å²) < 4.78 is 7.78. The minimum atomic E-state index is -1.45. The van der Waals surface area contributed by atoms with E-state index in [1.165, 1.54) is 0 Å². The maximum atomic E-state index is 9.15. The first-order chi connectivity index (χ1) is 10.0. The number of benzene rings is 1. The van der Waals surface area contributed by atoms with E-state index in [-0.39, 0.29) is 0 Å². The van der Waals surface area contributed by atoms with Crippen molar-refractivity contribution in [3.05, 3.63) is 41.2 Å². The number of hydrogen-bond donors (Lipinski definition) is 2. The molecule has 0 saturated carbocycles. The van der Waals surface area contributed by atoms with Crippen molar-refractivity contribution in [3.8, 4) is 5.75 Å². The molecule has 6 heteroatoms. The standard InChI is InChI=1S/C15H21BN2O3/c1-4-13-9-14(18(5-2)17-13)10-21-15-7-6-12(16(19)20)8-11(15)3/h6-9,19-20H,4-5,10H2,1-3H3. The fourth-order valence-corrected chi connectivity index (χ4v) is 2.22. The molecule has 0 radical (unpaired) electrons. The normalized spacial score (nSPS) is 10.7. The maximum Gasteiger partial charge on any atom is 0.488 e. The topological polar surface area (TPSA) is 67.5 Å². The SMILES string of the molecule is CCc1cc(COc2ccc(B(O)O)cc2C)n(CC)n1. The van der Waals surface area contributed by atoms with Gasteiger partial charge in [0, 0.05) is 6.54 Å². The first-order valence-electron chi connectivity index (χ1n) is 7.20. The lowest BCUT2D eigenvalue weighted by Gasteiger charge is -2.11. The number of aryl methyl sites for hydroxylation is 3. The number of nitrogens with zero attached hydrogens (tertiary/aromatic N) is 2. The zero-order valence-corrected chi connectivity index (χ0v) is 12.7. The summed E-state index contributed by atoms with van der Waals surface area (Å²) in [6, 6.07) is 7.19. The summed E-state index contributed by atoms with van der Waals surface area (Å²) in [5.41, 5.74) is 3.44. The van der Waals surface area contributed by atoms with Gasteiger partial charge in [-0.15, -0.1) is 0 Å². The van der Waals surface area contributed by atoms with Crippen LogP contribution in [-0.2, 0) is 19.6 Å². The second-order valence-corrected chi connectivity index (χ2v) is 4.98. The van der Waals surface area contributed by atoms with E-state index < -0.39 is 7.12 Å². The van der Waals surface area contributed by atoms with Gasteiger partial charge >= 0.3 is 7.12 Å². The lowest BCUT2D eigenvalue weighted by molar-refractivity contribution is 0.290. The minimum Gasteiger partial charge on any atom is -0.487 e. The molecule has 0 saturated heterocycles. The Morgan fingerprint density at radius 2 is 2.00 bits per heavy atom. The third kappa shape index (κ3) is 3.65. The highest BCUT2D eigenvalue weighted by Gasteiger charge is 2.13. The lowest BCUT2D eigenvalue weighted by Crippen LogP contribution is -2.29. The fourth-order valence-electron chi connectivity index (χ4n) is 2.22. The molecule has 0 bridgehead atoms. The molecule has 0 aliphatic rings. The summed E-state index contributed by atoms with van der Waals surface area (Å²) in [6.45, 7) is 7.28. The number of hydrogen-bond acceptors (Lipinski definition) is 4. The molecule has 1 heterocycles. The Bertz CT molecular complexity index is 611. The van der Waals surface area contributed by atoms with Crippen LogP contribution in [0.1, 0.15) is 30.8 Å². The zero-order valence-electron chi connectivity index (χ0n) is 12.7. The Morgan fingerprint density at radius 1 is 1.24 bits per heavy atom. The summed E-state index contributed by atoms with van der Waals surface area (Å²) in [4.78, 5) is 0. The summed E-state index contributed by atoms with van der Waals surface area (Å²) in [5.74, 6) is 0.737. The molecular formula is C15H21BN2O3. The van der Waals surface area contributed by atoms with Gasteiger partial charge in [0.2, 0.25) is 0 Å². The largest absolute Gasteiger partial charge is 0.488 e. The maximum absolute atomic E-state index is 9.15. The van der Waals surface area contributed by atoms with Gasteiger partial charge in [0.05, 0.1) is 11.4 Å². The highest BCUT2D eigenvalue weighted by Crippen LogP contribution is 2.18. The van der Waals surface area contributed by atoms with E-state index in [4.69, 9.17) is 14.8 Å².